The summed E-state index contributed by atoms with van der Waals surface area (Å²) in [5.41, 5.74) is 5.82. The van der Waals surface area contributed by atoms with Gasteiger partial charge in [0.15, 0.2) is 5.69 Å². The van der Waals surface area contributed by atoms with Gasteiger partial charge in [0.2, 0.25) is 5.78 Å². The number of imidazole rings is 2. The quantitative estimate of drug-likeness (QED) is 0.584. The fraction of sp³-hybridized carbons (Fsp3) is 0.200. The van der Waals surface area contributed by atoms with Crippen molar-refractivity contribution in [2.45, 2.75) is 27.7 Å². The third kappa shape index (κ3) is 2.15. The van der Waals surface area contributed by atoms with E-state index < -0.39 is 11.8 Å². The molecule has 132 valence electrons. The molecule has 0 aliphatic carbocycles. The zero-order valence-electron chi connectivity index (χ0n) is 15.0. The predicted octanol–water partition coefficient (Wildman–Crippen LogP) is 4.35. The molecule has 5 nitrogen and oxygen atoms in total. The highest BCUT2D eigenvalue weighted by Crippen LogP contribution is 2.31. The molecule has 0 saturated heterocycles. The van der Waals surface area contributed by atoms with Gasteiger partial charge in [-0.15, -0.1) is 0 Å². The first kappa shape index (κ1) is 16.3. The lowest BCUT2D eigenvalue weighted by Gasteiger charge is -2.13. The standard InChI is InChI=1S/C20H18FN3O2/c1-10-7-11(2)17(12(3)8-10)23-15-6-5-14(21)9-16(15)24-18(19(25)26)13(4)22-20(23)24/h5-9H,1-4H3,(H,25,26). The number of aryl methyl sites for hydroxylation is 4. The molecule has 0 atom stereocenters. The van der Waals surface area contributed by atoms with Crippen LogP contribution in [0.15, 0.2) is 30.3 Å². The van der Waals surface area contributed by atoms with Gasteiger partial charge in [0.25, 0.3) is 0 Å². The van der Waals surface area contributed by atoms with Gasteiger partial charge in [-0.05, 0) is 51.0 Å². The highest BCUT2D eigenvalue weighted by molar-refractivity contribution is 5.93. The van der Waals surface area contributed by atoms with Crippen molar-refractivity contribution in [3.63, 3.8) is 0 Å². The third-order valence-electron chi connectivity index (χ3n) is 4.71. The van der Waals surface area contributed by atoms with Crippen LogP contribution in [0.4, 0.5) is 4.39 Å². The van der Waals surface area contributed by atoms with E-state index in [-0.39, 0.29) is 5.69 Å². The first-order valence-corrected chi connectivity index (χ1v) is 8.30. The normalized spacial score (nSPS) is 11.6. The van der Waals surface area contributed by atoms with Gasteiger partial charge in [0.1, 0.15) is 5.82 Å². The molecule has 4 rings (SSSR count). The molecule has 0 spiro atoms. The number of aromatic nitrogens is 3. The molecule has 26 heavy (non-hydrogen) atoms. The van der Waals surface area contributed by atoms with Gasteiger partial charge in [-0.2, -0.15) is 0 Å². The number of carbonyl (C=O) groups is 1. The Morgan fingerprint density at radius 3 is 2.31 bits per heavy atom. The van der Waals surface area contributed by atoms with Crippen LogP contribution in [0.2, 0.25) is 0 Å². The number of aromatic carboxylic acids is 1. The van der Waals surface area contributed by atoms with Crippen LogP contribution < -0.4 is 0 Å². The van der Waals surface area contributed by atoms with Crippen molar-refractivity contribution in [3.8, 4) is 5.69 Å². The Kier molecular flexibility index (Phi) is 3.41. The molecule has 6 heteroatoms. The van der Waals surface area contributed by atoms with Crippen LogP contribution in [0.25, 0.3) is 22.5 Å². The number of halogens is 1. The summed E-state index contributed by atoms with van der Waals surface area (Å²) in [7, 11) is 0. The van der Waals surface area contributed by atoms with Crippen molar-refractivity contribution < 1.29 is 14.3 Å². The fourth-order valence-corrected chi connectivity index (χ4v) is 3.86. The summed E-state index contributed by atoms with van der Waals surface area (Å²) < 4.78 is 17.4. The largest absolute Gasteiger partial charge is 0.477 e. The van der Waals surface area contributed by atoms with Crippen LogP contribution in [0.3, 0.4) is 0 Å². The first-order chi connectivity index (χ1) is 12.3. The van der Waals surface area contributed by atoms with E-state index in [2.05, 4.69) is 17.1 Å². The van der Waals surface area contributed by atoms with E-state index in [0.717, 1.165) is 22.4 Å². The van der Waals surface area contributed by atoms with Crippen molar-refractivity contribution in [1.29, 1.82) is 0 Å². The third-order valence-corrected chi connectivity index (χ3v) is 4.71. The minimum absolute atomic E-state index is 0.0526. The van der Waals surface area contributed by atoms with E-state index in [1.807, 2.05) is 25.3 Å². The molecule has 0 amide bonds. The Bertz CT molecular complexity index is 1190. The van der Waals surface area contributed by atoms with Crippen molar-refractivity contribution in [3.05, 3.63) is 64.2 Å². The molecule has 0 fully saturated rings. The van der Waals surface area contributed by atoms with Crippen LogP contribution in [0.5, 0.6) is 0 Å². The maximum atomic E-state index is 13.9. The van der Waals surface area contributed by atoms with E-state index in [4.69, 9.17) is 0 Å². The highest BCUT2D eigenvalue weighted by Gasteiger charge is 2.24. The number of carboxylic acids is 1. The Hall–Kier alpha value is -3.15. The number of carboxylic acid groups (broad SMARTS) is 1. The van der Waals surface area contributed by atoms with E-state index in [1.54, 1.807) is 13.0 Å². The van der Waals surface area contributed by atoms with Crippen LogP contribution in [-0.4, -0.2) is 25.0 Å². The van der Waals surface area contributed by atoms with Crippen molar-refractivity contribution in [2.24, 2.45) is 0 Å². The van der Waals surface area contributed by atoms with Gasteiger partial charge >= 0.3 is 5.97 Å². The van der Waals surface area contributed by atoms with Gasteiger partial charge in [-0.1, -0.05) is 17.7 Å². The van der Waals surface area contributed by atoms with E-state index in [9.17, 15) is 14.3 Å². The minimum Gasteiger partial charge on any atom is -0.477 e. The molecular weight excluding hydrogens is 333 g/mol. The summed E-state index contributed by atoms with van der Waals surface area (Å²) >= 11 is 0. The van der Waals surface area contributed by atoms with Gasteiger partial charge in [-0.25, -0.2) is 14.2 Å². The van der Waals surface area contributed by atoms with Gasteiger partial charge in [0.05, 0.1) is 22.4 Å². The second-order valence-corrected chi connectivity index (χ2v) is 6.70. The fourth-order valence-electron chi connectivity index (χ4n) is 3.86. The zero-order valence-corrected chi connectivity index (χ0v) is 15.0. The molecular formula is C20H18FN3O2. The average molecular weight is 351 g/mol. The molecule has 0 saturated carbocycles. The molecule has 1 N–H and O–H groups in total. The Morgan fingerprint density at radius 1 is 1.04 bits per heavy atom. The van der Waals surface area contributed by atoms with E-state index in [1.165, 1.54) is 16.5 Å². The van der Waals surface area contributed by atoms with Crippen molar-refractivity contribution in [1.82, 2.24) is 14.0 Å². The molecule has 0 radical (unpaired) electrons. The molecule has 2 aromatic heterocycles. The maximum Gasteiger partial charge on any atom is 0.354 e. The van der Waals surface area contributed by atoms with Crippen LogP contribution in [0.1, 0.15) is 32.9 Å². The maximum absolute atomic E-state index is 13.9. The summed E-state index contributed by atoms with van der Waals surface area (Å²) in [5, 5.41) is 9.64. The van der Waals surface area contributed by atoms with E-state index in [0.29, 0.717) is 22.5 Å². The number of fused-ring (bicyclic) bond motifs is 3. The van der Waals surface area contributed by atoms with Crippen LogP contribution >= 0.6 is 0 Å². The van der Waals surface area contributed by atoms with Crippen molar-refractivity contribution in [2.75, 3.05) is 0 Å². The van der Waals surface area contributed by atoms with Crippen molar-refractivity contribution >= 4 is 22.8 Å². The highest BCUT2D eigenvalue weighted by atomic mass is 19.1. The second kappa shape index (κ2) is 5.42. The lowest BCUT2D eigenvalue weighted by atomic mass is 10.0. The second-order valence-electron chi connectivity index (χ2n) is 6.70. The predicted molar refractivity (Wildman–Crippen MR) is 97.9 cm³/mol. The summed E-state index contributed by atoms with van der Waals surface area (Å²) in [6.45, 7) is 7.70. The van der Waals surface area contributed by atoms with Gasteiger partial charge in [0, 0.05) is 6.07 Å². The number of hydrogen-bond acceptors (Lipinski definition) is 2. The monoisotopic (exact) mass is 351 g/mol. The number of benzene rings is 2. The van der Waals surface area contributed by atoms with E-state index >= 15 is 0 Å². The number of nitrogens with zero attached hydrogens (tertiary/aromatic N) is 3. The average Bonchev–Trinajstić information content (AvgIpc) is 3.00. The Morgan fingerprint density at radius 2 is 1.69 bits per heavy atom. The Labute approximate surface area is 149 Å². The first-order valence-electron chi connectivity index (χ1n) is 8.30. The van der Waals surface area contributed by atoms with Crippen LogP contribution in [-0.2, 0) is 0 Å². The minimum atomic E-state index is -1.09. The number of hydrogen-bond donors (Lipinski definition) is 1. The molecule has 2 aromatic carbocycles. The lowest BCUT2D eigenvalue weighted by molar-refractivity contribution is 0.0689. The topological polar surface area (TPSA) is 59.5 Å². The SMILES string of the molecule is Cc1cc(C)c(-n2c3ccc(F)cc3n3c(C(=O)O)c(C)nc23)c(C)c1. The number of rotatable bonds is 2. The lowest BCUT2D eigenvalue weighted by Crippen LogP contribution is -2.03. The smallest absolute Gasteiger partial charge is 0.354 e. The molecule has 0 aliphatic heterocycles. The summed E-state index contributed by atoms with van der Waals surface area (Å²) in [6, 6.07) is 8.54. The summed E-state index contributed by atoms with van der Waals surface area (Å²) in [4.78, 5) is 16.3. The molecule has 0 bridgehead atoms. The molecule has 0 unspecified atom stereocenters. The molecule has 2 heterocycles. The summed E-state index contributed by atoms with van der Waals surface area (Å²) in [6.07, 6.45) is 0. The van der Waals surface area contributed by atoms with Gasteiger partial charge < -0.3 is 5.11 Å². The molecule has 0 aliphatic rings. The van der Waals surface area contributed by atoms with Crippen LogP contribution in [0, 0.1) is 33.5 Å². The van der Waals surface area contributed by atoms with Gasteiger partial charge in [-0.3, -0.25) is 8.97 Å². The molecule has 4 aromatic rings. The zero-order chi connectivity index (χ0) is 18.7. The Balaban J connectivity index is 2.26. The summed E-state index contributed by atoms with van der Waals surface area (Å²) in [5.74, 6) is -1.04.